The van der Waals surface area contributed by atoms with Crippen LogP contribution in [0.2, 0.25) is 0 Å². The Hall–Kier alpha value is -0.900. The average molecular weight is 290 g/mol. The fourth-order valence-electron chi connectivity index (χ4n) is 3.20. The number of hydrogen-bond acceptors (Lipinski definition) is 3. The van der Waals surface area contributed by atoms with Gasteiger partial charge in [-0.15, -0.1) is 0 Å². The molecule has 0 amide bonds. The van der Waals surface area contributed by atoms with Gasteiger partial charge in [0.1, 0.15) is 0 Å². The first-order chi connectivity index (χ1) is 10.1. The molecule has 118 valence electrons. The molecule has 3 nitrogen and oxygen atoms in total. The molecule has 1 aliphatic rings. The molecule has 1 saturated heterocycles. The Morgan fingerprint density at radius 2 is 1.90 bits per heavy atom. The van der Waals surface area contributed by atoms with Crippen LogP contribution in [0.4, 0.5) is 0 Å². The summed E-state index contributed by atoms with van der Waals surface area (Å²) in [6.07, 6.45) is 2.54. The van der Waals surface area contributed by atoms with Crippen LogP contribution in [-0.2, 0) is 4.74 Å². The fourth-order valence-corrected chi connectivity index (χ4v) is 3.20. The van der Waals surface area contributed by atoms with Crippen LogP contribution in [0.25, 0.3) is 0 Å². The number of nitrogens with two attached hydrogens (primary N) is 1. The Morgan fingerprint density at radius 3 is 2.52 bits per heavy atom. The van der Waals surface area contributed by atoms with Crippen molar-refractivity contribution in [2.24, 2.45) is 11.7 Å². The number of ether oxygens (including phenoxy) is 1. The molecule has 1 aromatic carbocycles. The van der Waals surface area contributed by atoms with E-state index in [4.69, 9.17) is 10.5 Å². The van der Waals surface area contributed by atoms with Crippen LogP contribution in [0.5, 0.6) is 0 Å². The number of benzene rings is 1. The van der Waals surface area contributed by atoms with E-state index in [0.29, 0.717) is 11.8 Å². The summed E-state index contributed by atoms with van der Waals surface area (Å²) >= 11 is 0. The molecule has 0 saturated carbocycles. The Balaban J connectivity index is 1.89. The molecule has 1 aliphatic heterocycles. The lowest BCUT2D eigenvalue weighted by Crippen LogP contribution is -2.40. The van der Waals surface area contributed by atoms with Crippen LogP contribution in [-0.4, -0.2) is 38.3 Å². The molecule has 1 aromatic rings. The summed E-state index contributed by atoms with van der Waals surface area (Å²) in [6, 6.07) is 8.91. The Bertz CT molecular complexity index is 414. The predicted molar refractivity (Wildman–Crippen MR) is 88.5 cm³/mol. The van der Waals surface area contributed by atoms with Crippen molar-refractivity contribution in [3.05, 3.63) is 35.4 Å². The van der Waals surface area contributed by atoms with Crippen molar-refractivity contribution in [1.29, 1.82) is 0 Å². The molecule has 0 spiro atoms. The molecule has 0 aliphatic carbocycles. The first kappa shape index (κ1) is 16.5. The van der Waals surface area contributed by atoms with E-state index in [1.807, 2.05) is 0 Å². The van der Waals surface area contributed by atoms with Crippen molar-refractivity contribution in [3.8, 4) is 0 Å². The molecule has 2 rings (SSSR count). The molecule has 2 atom stereocenters. The second-order valence-electron chi connectivity index (χ2n) is 6.65. The highest BCUT2D eigenvalue weighted by Crippen LogP contribution is 2.21. The first-order valence-electron chi connectivity index (χ1n) is 8.17. The van der Waals surface area contributed by atoms with Gasteiger partial charge in [-0.25, -0.2) is 0 Å². The third kappa shape index (κ3) is 4.80. The maximum Gasteiger partial charge on any atom is 0.0502 e. The first-order valence-corrected chi connectivity index (χ1v) is 8.17. The molecule has 2 N–H and O–H groups in total. The molecule has 0 aromatic heterocycles. The molecule has 0 bridgehead atoms. The highest BCUT2D eigenvalue weighted by molar-refractivity contribution is 5.26. The summed E-state index contributed by atoms with van der Waals surface area (Å²) in [5, 5.41) is 0. The number of likely N-dealkylation sites (tertiary alicyclic amines) is 1. The number of methoxy groups -OCH3 is 1. The molecular weight excluding hydrogens is 260 g/mol. The van der Waals surface area contributed by atoms with Crippen molar-refractivity contribution in [2.75, 3.05) is 33.4 Å². The molecule has 1 fully saturated rings. The van der Waals surface area contributed by atoms with Crippen LogP contribution in [0.15, 0.2) is 24.3 Å². The second kappa shape index (κ2) is 7.92. The van der Waals surface area contributed by atoms with Crippen LogP contribution in [0, 0.1) is 5.92 Å². The summed E-state index contributed by atoms with van der Waals surface area (Å²) in [7, 11) is 1.79. The average Bonchev–Trinajstić information content (AvgIpc) is 2.48. The van der Waals surface area contributed by atoms with Gasteiger partial charge in [-0.3, -0.25) is 0 Å². The minimum atomic E-state index is 0.104. The van der Waals surface area contributed by atoms with Gasteiger partial charge in [0.15, 0.2) is 0 Å². The Morgan fingerprint density at radius 1 is 1.24 bits per heavy atom. The maximum absolute atomic E-state index is 6.40. The van der Waals surface area contributed by atoms with E-state index in [2.05, 4.69) is 43.0 Å². The lowest BCUT2D eigenvalue weighted by Gasteiger charge is -2.34. The Labute approximate surface area is 129 Å². The summed E-state index contributed by atoms with van der Waals surface area (Å²) in [5.74, 6) is 1.24. The van der Waals surface area contributed by atoms with Gasteiger partial charge in [0.2, 0.25) is 0 Å². The minimum absolute atomic E-state index is 0.104. The smallest absolute Gasteiger partial charge is 0.0502 e. The number of rotatable bonds is 6. The summed E-state index contributed by atoms with van der Waals surface area (Å²) in [6.45, 7) is 8.54. The van der Waals surface area contributed by atoms with E-state index in [9.17, 15) is 0 Å². The zero-order valence-corrected chi connectivity index (χ0v) is 13.7. The summed E-state index contributed by atoms with van der Waals surface area (Å²) < 4.78 is 5.30. The highest BCUT2D eigenvalue weighted by atomic mass is 16.5. The van der Waals surface area contributed by atoms with Crippen LogP contribution >= 0.6 is 0 Å². The van der Waals surface area contributed by atoms with Gasteiger partial charge in [-0.2, -0.15) is 0 Å². The van der Waals surface area contributed by atoms with Crippen molar-refractivity contribution >= 4 is 0 Å². The molecular formula is C18H30N2O. The van der Waals surface area contributed by atoms with E-state index in [1.54, 1.807) is 7.11 Å². The van der Waals surface area contributed by atoms with E-state index in [-0.39, 0.29) is 6.04 Å². The van der Waals surface area contributed by atoms with Gasteiger partial charge < -0.3 is 15.4 Å². The van der Waals surface area contributed by atoms with Crippen molar-refractivity contribution in [1.82, 2.24) is 4.90 Å². The zero-order chi connectivity index (χ0) is 15.2. The minimum Gasteiger partial charge on any atom is -0.384 e. The third-order valence-electron chi connectivity index (χ3n) is 4.49. The number of hydrogen-bond donors (Lipinski definition) is 1. The third-order valence-corrected chi connectivity index (χ3v) is 4.49. The van der Waals surface area contributed by atoms with Gasteiger partial charge in [0, 0.05) is 26.2 Å². The van der Waals surface area contributed by atoms with Crippen LogP contribution in [0.3, 0.4) is 0 Å². The second-order valence-corrected chi connectivity index (χ2v) is 6.65. The van der Waals surface area contributed by atoms with Crippen molar-refractivity contribution in [2.45, 2.75) is 38.6 Å². The molecule has 0 radical (unpaired) electrons. The highest BCUT2D eigenvalue weighted by Gasteiger charge is 2.21. The normalized spacial score (nSPS) is 21.7. The van der Waals surface area contributed by atoms with E-state index in [1.165, 1.54) is 24.0 Å². The quantitative estimate of drug-likeness (QED) is 0.874. The number of nitrogens with zero attached hydrogens (tertiary/aromatic N) is 1. The largest absolute Gasteiger partial charge is 0.384 e. The lowest BCUT2D eigenvalue weighted by molar-refractivity contribution is 0.0878. The fraction of sp³-hybridized carbons (Fsp3) is 0.667. The van der Waals surface area contributed by atoms with Gasteiger partial charge in [0.05, 0.1) is 6.61 Å². The van der Waals surface area contributed by atoms with Gasteiger partial charge in [-0.1, -0.05) is 38.1 Å². The van der Waals surface area contributed by atoms with E-state index < -0.39 is 0 Å². The summed E-state index contributed by atoms with van der Waals surface area (Å²) in [5.41, 5.74) is 9.02. The zero-order valence-electron chi connectivity index (χ0n) is 13.7. The Kier molecular flexibility index (Phi) is 6.22. The van der Waals surface area contributed by atoms with Crippen LogP contribution < -0.4 is 5.73 Å². The standard InChI is InChI=1S/C18H30N2O/c1-14(2)16-6-8-17(9-7-16)18(19)12-20-10-4-5-15(11-20)13-21-3/h6-9,14-15,18H,4-5,10-13,19H2,1-3H3. The van der Waals surface area contributed by atoms with E-state index in [0.717, 1.165) is 26.2 Å². The summed E-state index contributed by atoms with van der Waals surface area (Å²) in [4.78, 5) is 2.49. The molecule has 2 unspecified atom stereocenters. The van der Waals surface area contributed by atoms with Gasteiger partial charge >= 0.3 is 0 Å². The van der Waals surface area contributed by atoms with Gasteiger partial charge in [-0.05, 0) is 42.3 Å². The monoisotopic (exact) mass is 290 g/mol. The lowest BCUT2D eigenvalue weighted by atomic mass is 9.96. The number of piperidine rings is 1. The van der Waals surface area contributed by atoms with Gasteiger partial charge in [0.25, 0.3) is 0 Å². The van der Waals surface area contributed by atoms with Crippen LogP contribution in [0.1, 0.15) is 49.8 Å². The maximum atomic E-state index is 6.40. The van der Waals surface area contributed by atoms with E-state index >= 15 is 0 Å². The molecule has 3 heteroatoms. The van der Waals surface area contributed by atoms with Crippen molar-refractivity contribution < 1.29 is 4.74 Å². The molecule has 21 heavy (non-hydrogen) atoms. The van der Waals surface area contributed by atoms with Crippen molar-refractivity contribution in [3.63, 3.8) is 0 Å². The predicted octanol–water partition coefficient (Wildman–Crippen LogP) is 3.17. The molecule has 1 heterocycles. The topological polar surface area (TPSA) is 38.5 Å². The SMILES string of the molecule is COCC1CCCN(CC(N)c2ccc(C(C)C)cc2)C1.